The molecule has 1 aliphatic heterocycles. The first-order chi connectivity index (χ1) is 14.4. The number of sulfonamides is 1. The van der Waals surface area contributed by atoms with E-state index in [2.05, 4.69) is 16.4 Å². The Bertz CT molecular complexity index is 1230. The number of rotatable bonds is 4. The number of halogens is 1. The maximum atomic E-state index is 13.1. The highest BCUT2D eigenvalue weighted by Gasteiger charge is 2.38. The number of piperidine rings is 1. The number of aromatic nitrogens is 1. The third-order valence-corrected chi connectivity index (χ3v) is 10.00. The lowest BCUT2D eigenvalue weighted by molar-refractivity contribution is -0.120. The fraction of sp³-hybridized carbons (Fsp3) is 0.300. The van der Waals surface area contributed by atoms with E-state index >= 15 is 0 Å². The normalized spacial score (nSPS) is 18.8. The Hall–Kier alpha value is -1.78. The van der Waals surface area contributed by atoms with Crippen molar-refractivity contribution in [2.45, 2.75) is 35.9 Å². The maximum absolute atomic E-state index is 13.1. The number of thiazole rings is 1. The predicted octanol–water partition coefficient (Wildman–Crippen LogP) is 4.61. The van der Waals surface area contributed by atoms with E-state index in [1.807, 2.05) is 18.2 Å². The summed E-state index contributed by atoms with van der Waals surface area (Å²) in [6.07, 6.45) is 2.82. The number of anilines is 1. The number of fused-ring (bicyclic) bond motifs is 3. The van der Waals surface area contributed by atoms with E-state index in [9.17, 15) is 13.2 Å². The van der Waals surface area contributed by atoms with Crippen molar-refractivity contribution in [1.29, 1.82) is 0 Å². The lowest BCUT2D eigenvalue weighted by Crippen LogP contribution is -2.49. The first-order valence-electron chi connectivity index (χ1n) is 9.59. The summed E-state index contributed by atoms with van der Waals surface area (Å²) in [7, 11) is -3.77. The van der Waals surface area contributed by atoms with Crippen LogP contribution in [0.1, 0.15) is 29.7 Å². The van der Waals surface area contributed by atoms with Gasteiger partial charge in [0.05, 0.1) is 10.0 Å². The summed E-state index contributed by atoms with van der Waals surface area (Å²) in [5.41, 5.74) is 3.25. The van der Waals surface area contributed by atoms with Gasteiger partial charge in [-0.05, 0) is 30.5 Å². The molecule has 2 aliphatic rings. The molecule has 156 valence electrons. The summed E-state index contributed by atoms with van der Waals surface area (Å²) in [4.78, 5) is 18.8. The molecule has 0 spiro atoms. The third kappa shape index (κ3) is 3.48. The highest BCUT2D eigenvalue weighted by molar-refractivity contribution is 7.91. The van der Waals surface area contributed by atoms with Crippen molar-refractivity contribution in [2.75, 3.05) is 11.9 Å². The van der Waals surface area contributed by atoms with Crippen LogP contribution in [0, 0.1) is 0 Å². The van der Waals surface area contributed by atoms with Gasteiger partial charge in [0.15, 0.2) is 5.13 Å². The molecule has 1 unspecified atom stereocenters. The summed E-state index contributed by atoms with van der Waals surface area (Å²) >= 11 is 8.40. The summed E-state index contributed by atoms with van der Waals surface area (Å²) in [6, 6.07) is 10.4. The number of hydrogen-bond acceptors (Lipinski definition) is 6. The Balaban J connectivity index is 1.38. The Labute approximate surface area is 187 Å². The Morgan fingerprint density at radius 2 is 2.00 bits per heavy atom. The number of nitrogens with one attached hydrogen (secondary N) is 1. The van der Waals surface area contributed by atoms with Crippen LogP contribution in [0.2, 0.25) is 4.34 Å². The molecule has 1 aromatic carbocycles. The predicted molar refractivity (Wildman–Crippen MR) is 120 cm³/mol. The number of benzene rings is 1. The van der Waals surface area contributed by atoms with Crippen LogP contribution in [0.5, 0.6) is 0 Å². The molecule has 1 atom stereocenters. The van der Waals surface area contributed by atoms with E-state index < -0.39 is 16.1 Å². The van der Waals surface area contributed by atoms with Gasteiger partial charge in [-0.1, -0.05) is 42.3 Å². The highest BCUT2D eigenvalue weighted by Crippen LogP contribution is 2.41. The van der Waals surface area contributed by atoms with Crippen LogP contribution in [-0.4, -0.2) is 36.2 Å². The van der Waals surface area contributed by atoms with E-state index in [0.717, 1.165) is 46.7 Å². The first-order valence-corrected chi connectivity index (χ1v) is 13.0. The molecule has 10 heteroatoms. The van der Waals surface area contributed by atoms with E-state index in [-0.39, 0.29) is 10.1 Å². The molecular weight excluding hydrogens is 462 g/mol. The van der Waals surface area contributed by atoms with Gasteiger partial charge >= 0.3 is 0 Å². The second kappa shape index (κ2) is 7.72. The zero-order chi connectivity index (χ0) is 20.9. The Kier molecular flexibility index (Phi) is 5.19. The van der Waals surface area contributed by atoms with Gasteiger partial charge in [0, 0.05) is 23.4 Å². The van der Waals surface area contributed by atoms with Crippen LogP contribution in [0.15, 0.2) is 40.6 Å². The highest BCUT2D eigenvalue weighted by atomic mass is 35.5. The van der Waals surface area contributed by atoms with Crippen molar-refractivity contribution in [3.8, 4) is 11.3 Å². The lowest BCUT2D eigenvalue weighted by Gasteiger charge is -2.32. The molecule has 30 heavy (non-hydrogen) atoms. The topological polar surface area (TPSA) is 79.4 Å². The largest absolute Gasteiger partial charge is 0.301 e. The van der Waals surface area contributed by atoms with E-state index in [4.69, 9.17) is 11.6 Å². The molecule has 0 saturated carbocycles. The maximum Gasteiger partial charge on any atom is 0.253 e. The summed E-state index contributed by atoms with van der Waals surface area (Å²) in [5.74, 6) is -0.332. The molecule has 2 aromatic heterocycles. The minimum absolute atomic E-state index is 0.164. The molecular formula is C20H18ClN3O3S3. The second-order valence-electron chi connectivity index (χ2n) is 7.30. The number of carbonyl (C=O) groups is 1. The summed E-state index contributed by atoms with van der Waals surface area (Å²) in [5, 5.41) is 3.39. The molecule has 3 aromatic rings. The molecule has 1 saturated heterocycles. The van der Waals surface area contributed by atoms with Crippen LogP contribution in [0.25, 0.3) is 11.3 Å². The Morgan fingerprint density at radius 1 is 1.17 bits per heavy atom. The average Bonchev–Trinajstić information content (AvgIpc) is 3.42. The smallest absolute Gasteiger partial charge is 0.253 e. The minimum Gasteiger partial charge on any atom is -0.301 e. The van der Waals surface area contributed by atoms with Gasteiger partial charge in [-0.2, -0.15) is 4.31 Å². The van der Waals surface area contributed by atoms with Crippen molar-refractivity contribution in [1.82, 2.24) is 9.29 Å². The molecule has 1 aliphatic carbocycles. The molecule has 0 bridgehead atoms. The van der Waals surface area contributed by atoms with Crippen molar-refractivity contribution in [3.63, 3.8) is 0 Å². The molecule has 5 rings (SSSR count). The number of hydrogen-bond donors (Lipinski definition) is 1. The zero-order valence-electron chi connectivity index (χ0n) is 15.8. The van der Waals surface area contributed by atoms with Crippen LogP contribution in [-0.2, 0) is 21.2 Å². The van der Waals surface area contributed by atoms with E-state index in [1.165, 1.54) is 27.3 Å². The van der Waals surface area contributed by atoms with Gasteiger partial charge in [-0.15, -0.1) is 22.7 Å². The van der Waals surface area contributed by atoms with Crippen molar-refractivity contribution in [3.05, 3.63) is 51.2 Å². The van der Waals surface area contributed by atoms with Gasteiger partial charge in [-0.25, -0.2) is 13.4 Å². The molecule has 0 radical (unpaired) electrons. The van der Waals surface area contributed by atoms with E-state index in [1.54, 1.807) is 6.07 Å². The quantitative estimate of drug-likeness (QED) is 0.463. The number of nitrogens with zero attached hydrogens (tertiary/aromatic N) is 2. The fourth-order valence-corrected chi connectivity index (χ4v) is 8.28. The second-order valence-corrected chi connectivity index (χ2v) is 12.2. The lowest BCUT2D eigenvalue weighted by atomic mass is 10.0. The van der Waals surface area contributed by atoms with Gasteiger partial charge < -0.3 is 5.32 Å². The number of amides is 1. The number of thiophene rings is 1. The minimum atomic E-state index is -3.77. The van der Waals surface area contributed by atoms with Gasteiger partial charge in [0.25, 0.3) is 10.0 Å². The SMILES string of the molecule is O=C(Nc1nc2c(s1)Cc1ccccc1-2)C1CCCCN1S(=O)(=O)c1ccc(Cl)s1. The molecule has 1 amide bonds. The van der Waals surface area contributed by atoms with Gasteiger partial charge in [0.2, 0.25) is 5.91 Å². The summed E-state index contributed by atoms with van der Waals surface area (Å²) < 4.78 is 28.1. The number of carbonyl (C=O) groups excluding carboxylic acids is 1. The summed E-state index contributed by atoms with van der Waals surface area (Å²) in [6.45, 7) is 0.317. The van der Waals surface area contributed by atoms with Gasteiger partial charge in [0.1, 0.15) is 10.3 Å². The van der Waals surface area contributed by atoms with Crippen molar-refractivity contribution < 1.29 is 13.2 Å². The molecule has 1 N–H and O–H groups in total. The van der Waals surface area contributed by atoms with Crippen LogP contribution in [0.4, 0.5) is 5.13 Å². The third-order valence-electron chi connectivity index (χ3n) is 5.42. The average molecular weight is 480 g/mol. The molecule has 3 heterocycles. The van der Waals surface area contributed by atoms with Crippen LogP contribution >= 0.6 is 34.3 Å². The van der Waals surface area contributed by atoms with Crippen molar-refractivity contribution in [2.24, 2.45) is 0 Å². The van der Waals surface area contributed by atoms with Crippen molar-refractivity contribution >= 4 is 55.3 Å². The van der Waals surface area contributed by atoms with Gasteiger partial charge in [-0.3, -0.25) is 4.79 Å². The van der Waals surface area contributed by atoms with E-state index in [0.29, 0.717) is 22.4 Å². The van der Waals surface area contributed by atoms with Crippen LogP contribution in [0.3, 0.4) is 0 Å². The zero-order valence-corrected chi connectivity index (χ0v) is 19.0. The fourth-order valence-electron chi connectivity index (χ4n) is 4.01. The first kappa shape index (κ1) is 20.1. The molecule has 6 nitrogen and oxygen atoms in total. The standard InChI is InChI=1S/C20H18ClN3O3S3/c21-16-8-9-17(29-16)30(26,27)24-10-4-3-7-14(24)19(25)23-20-22-18-13-6-2-1-5-12(13)11-15(18)28-20/h1-2,5-6,8-9,14H,3-4,7,10-11H2,(H,22,23,25). The molecule has 1 fully saturated rings. The Morgan fingerprint density at radius 3 is 2.80 bits per heavy atom. The van der Waals surface area contributed by atoms with Crippen LogP contribution < -0.4 is 5.32 Å². The monoisotopic (exact) mass is 479 g/mol.